The van der Waals surface area contributed by atoms with Crippen LogP contribution >= 0.6 is 0 Å². The fourth-order valence-electron chi connectivity index (χ4n) is 8.80. The maximum atomic E-state index is 4.99. The number of rotatable bonds is 3. The second kappa shape index (κ2) is 9.47. The van der Waals surface area contributed by atoms with Gasteiger partial charge in [0, 0.05) is 11.6 Å². The number of hydrogen-bond donors (Lipinski definition) is 0. The highest BCUT2D eigenvalue weighted by molar-refractivity contribution is 5.84. The van der Waals surface area contributed by atoms with Crippen LogP contribution in [0.1, 0.15) is 73.9 Å². The van der Waals surface area contributed by atoms with E-state index in [0.717, 1.165) is 23.2 Å². The number of para-hydroxylation sites is 2. The molecule has 40 heavy (non-hydrogen) atoms. The summed E-state index contributed by atoms with van der Waals surface area (Å²) in [6, 6.07) is 27.1. The van der Waals surface area contributed by atoms with Gasteiger partial charge in [-0.15, -0.1) is 0 Å². The van der Waals surface area contributed by atoms with E-state index in [1.165, 1.54) is 53.6 Å². The summed E-state index contributed by atoms with van der Waals surface area (Å²) in [6.07, 6.45) is 18.0. The van der Waals surface area contributed by atoms with E-state index < -0.39 is 0 Å². The summed E-state index contributed by atoms with van der Waals surface area (Å²) in [5, 5.41) is 0. The second-order valence-corrected chi connectivity index (χ2v) is 12.8. The molecule has 6 atom stereocenters. The third-order valence-corrected chi connectivity index (χ3v) is 10.4. The SMILES string of the molecule is CC(C)c1nc2ccccc2n1-c1ccc(C2=CC3C4CCCCC4C4C=CC=CC4[C@H]3c3ccccc32)cc1. The van der Waals surface area contributed by atoms with Gasteiger partial charge in [-0.05, 0) is 94.9 Å². The Hall–Kier alpha value is -3.65. The molecule has 5 unspecified atom stereocenters. The molecule has 2 heteroatoms. The van der Waals surface area contributed by atoms with Crippen molar-refractivity contribution in [3.8, 4) is 5.69 Å². The van der Waals surface area contributed by atoms with Gasteiger partial charge in [0.25, 0.3) is 0 Å². The molecule has 0 aliphatic heterocycles. The minimum absolute atomic E-state index is 0.346. The lowest BCUT2D eigenvalue weighted by Gasteiger charge is -2.54. The first-order chi connectivity index (χ1) is 19.7. The van der Waals surface area contributed by atoms with Gasteiger partial charge in [0.15, 0.2) is 0 Å². The first kappa shape index (κ1) is 24.2. The zero-order chi connectivity index (χ0) is 26.8. The fourth-order valence-corrected chi connectivity index (χ4v) is 8.80. The Labute approximate surface area is 238 Å². The molecule has 0 amide bonds. The monoisotopic (exact) mass is 522 g/mol. The summed E-state index contributed by atoms with van der Waals surface area (Å²) in [6.45, 7) is 4.47. The van der Waals surface area contributed by atoms with Crippen molar-refractivity contribution < 1.29 is 0 Å². The van der Waals surface area contributed by atoms with Crippen LogP contribution in [-0.2, 0) is 0 Å². The van der Waals surface area contributed by atoms with Crippen LogP contribution < -0.4 is 0 Å². The standard InChI is InChI=1S/C38H38N2/c1-24(2)38-39-35-17-9-10-18-36(35)40(38)26-21-19-25(20-22-26)33-23-34-29-13-4-3-11-27(29)28-12-5-7-15-31(28)37(34)32-16-8-6-14-30(32)33/h5-10,12,14-24,27-29,31,34,37H,3-4,11,13H2,1-2H3/t27?,28?,29?,31?,34?,37-/m0/s1. The summed E-state index contributed by atoms with van der Waals surface area (Å²) >= 11 is 0. The van der Waals surface area contributed by atoms with Crippen molar-refractivity contribution in [2.45, 2.75) is 51.4 Å². The third kappa shape index (κ3) is 3.65. The lowest BCUT2D eigenvalue weighted by molar-refractivity contribution is 0.0443. The predicted octanol–water partition coefficient (Wildman–Crippen LogP) is 9.47. The van der Waals surface area contributed by atoms with Gasteiger partial charge in [-0.25, -0.2) is 4.98 Å². The van der Waals surface area contributed by atoms with Crippen LogP contribution in [0.2, 0.25) is 0 Å². The molecule has 0 bridgehead atoms. The van der Waals surface area contributed by atoms with Crippen LogP contribution in [0, 0.1) is 29.6 Å². The van der Waals surface area contributed by atoms with Crippen molar-refractivity contribution in [1.29, 1.82) is 0 Å². The first-order valence-electron chi connectivity index (χ1n) is 15.4. The van der Waals surface area contributed by atoms with Crippen LogP contribution in [0.25, 0.3) is 22.3 Å². The largest absolute Gasteiger partial charge is 0.296 e. The van der Waals surface area contributed by atoms with Crippen molar-refractivity contribution in [1.82, 2.24) is 9.55 Å². The number of aromatic nitrogens is 2. The summed E-state index contributed by atoms with van der Waals surface area (Å²) in [5.74, 6) is 5.56. The summed E-state index contributed by atoms with van der Waals surface area (Å²) in [4.78, 5) is 4.99. The molecule has 2 fully saturated rings. The summed E-state index contributed by atoms with van der Waals surface area (Å²) in [5.41, 5.74) is 9.20. The average molecular weight is 523 g/mol. The van der Waals surface area contributed by atoms with Gasteiger partial charge in [-0.2, -0.15) is 0 Å². The Morgan fingerprint density at radius 1 is 0.750 bits per heavy atom. The molecule has 4 aliphatic carbocycles. The molecule has 0 N–H and O–H groups in total. The van der Waals surface area contributed by atoms with E-state index in [1.807, 2.05) is 0 Å². The highest BCUT2D eigenvalue weighted by Crippen LogP contribution is 2.60. The van der Waals surface area contributed by atoms with Crippen LogP contribution in [0.15, 0.2) is 103 Å². The van der Waals surface area contributed by atoms with E-state index in [0.29, 0.717) is 29.6 Å². The Kier molecular flexibility index (Phi) is 5.73. The minimum Gasteiger partial charge on any atom is -0.296 e. The maximum absolute atomic E-state index is 4.99. The predicted molar refractivity (Wildman–Crippen MR) is 166 cm³/mol. The number of fused-ring (bicyclic) bond motifs is 9. The normalized spacial score (nSPS) is 28.5. The molecule has 0 spiro atoms. The van der Waals surface area contributed by atoms with E-state index in [9.17, 15) is 0 Å². The molecule has 2 nitrogen and oxygen atoms in total. The summed E-state index contributed by atoms with van der Waals surface area (Å²) < 4.78 is 2.35. The zero-order valence-electron chi connectivity index (χ0n) is 23.6. The van der Waals surface area contributed by atoms with E-state index in [4.69, 9.17) is 4.98 Å². The number of allylic oxidation sites excluding steroid dienone is 5. The third-order valence-electron chi connectivity index (χ3n) is 10.4. The zero-order valence-corrected chi connectivity index (χ0v) is 23.6. The maximum Gasteiger partial charge on any atom is 0.117 e. The molecule has 8 rings (SSSR count). The molecule has 2 saturated carbocycles. The summed E-state index contributed by atoms with van der Waals surface area (Å²) in [7, 11) is 0. The first-order valence-corrected chi connectivity index (χ1v) is 15.4. The van der Waals surface area contributed by atoms with E-state index >= 15 is 0 Å². The van der Waals surface area contributed by atoms with Crippen molar-refractivity contribution in [3.05, 3.63) is 126 Å². The molecule has 4 aliphatic rings. The Balaban J connectivity index is 1.24. The highest BCUT2D eigenvalue weighted by Gasteiger charge is 2.51. The van der Waals surface area contributed by atoms with Gasteiger partial charge in [-0.3, -0.25) is 4.57 Å². The highest BCUT2D eigenvalue weighted by atomic mass is 15.1. The Morgan fingerprint density at radius 3 is 2.25 bits per heavy atom. The molecule has 1 heterocycles. The molecular formula is C38H38N2. The second-order valence-electron chi connectivity index (χ2n) is 12.8. The van der Waals surface area contributed by atoms with Crippen LogP contribution in [-0.4, -0.2) is 9.55 Å². The minimum atomic E-state index is 0.346. The fraction of sp³-hybridized carbons (Fsp3) is 0.342. The molecule has 3 aromatic carbocycles. The number of benzene rings is 3. The van der Waals surface area contributed by atoms with E-state index in [1.54, 1.807) is 5.56 Å². The van der Waals surface area contributed by atoms with Gasteiger partial charge >= 0.3 is 0 Å². The smallest absolute Gasteiger partial charge is 0.117 e. The quantitative estimate of drug-likeness (QED) is 0.262. The van der Waals surface area contributed by atoms with Crippen molar-refractivity contribution in [3.63, 3.8) is 0 Å². The van der Waals surface area contributed by atoms with Gasteiger partial charge in [0.05, 0.1) is 11.0 Å². The lowest BCUT2D eigenvalue weighted by atomic mass is 9.50. The Morgan fingerprint density at radius 2 is 1.45 bits per heavy atom. The number of hydrogen-bond acceptors (Lipinski definition) is 1. The Bertz CT molecular complexity index is 1660. The van der Waals surface area contributed by atoms with Crippen LogP contribution in [0.4, 0.5) is 0 Å². The van der Waals surface area contributed by atoms with Gasteiger partial charge in [-0.1, -0.05) is 106 Å². The van der Waals surface area contributed by atoms with Crippen molar-refractivity contribution in [2.75, 3.05) is 0 Å². The van der Waals surface area contributed by atoms with Gasteiger partial charge in [0.2, 0.25) is 0 Å². The molecule has 4 aromatic rings. The number of nitrogens with zero attached hydrogens (tertiary/aromatic N) is 2. The molecule has 200 valence electrons. The topological polar surface area (TPSA) is 17.8 Å². The molecule has 0 saturated heterocycles. The van der Waals surface area contributed by atoms with Crippen LogP contribution in [0.5, 0.6) is 0 Å². The van der Waals surface area contributed by atoms with Gasteiger partial charge in [0.1, 0.15) is 5.82 Å². The van der Waals surface area contributed by atoms with E-state index in [-0.39, 0.29) is 0 Å². The molecule has 0 radical (unpaired) electrons. The van der Waals surface area contributed by atoms with Crippen molar-refractivity contribution >= 4 is 16.6 Å². The molecular weight excluding hydrogens is 484 g/mol. The lowest BCUT2D eigenvalue weighted by Crippen LogP contribution is -2.46. The molecule has 1 aromatic heterocycles. The van der Waals surface area contributed by atoms with Gasteiger partial charge < -0.3 is 0 Å². The van der Waals surface area contributed by atoms with Crippen molar-refractivity contribution in [2.24, 2.45) is 29.6 Å². The van der Waals surface area contributed by atoms with E-state index in [2.05, 4.69) is 122 Å². The number of imidazole rings is 1. The van der Waals surface area contributed by atoms with Crippen LogP contribution in [0.3, 0.4) is 0 Å². The average Bonchev–Trinajstić information content (AvgIpc) is 3.41.